The topological polar surface area (TPSA) is 0 Å². The van der Waals surface area contributed by atoms with Gasteiger partial charge < -0.3 is 0 Å². The van der Waals surface area contributed by atoms with E-state index in [0.29, 0.717) is 5.92 Å². The molecular formula is C19H38. The van der Waals surface area contributed by atoms with Gasteiger partial charge in [0.2, 0.25) is 0 Å². The van der Waals surface area contributed by atoms with Crippen LogP contribution in [0.15, 0.2) is 0 Å². The van der Waals surface area contributed by atoms with Crippen LogP contribution in [-0.2, 0) is 0 Å². The highest BCUT2D eigenvalue weighted by Gasteiger charge is 2.07. The summed E-state index contributed by atoms with van der Waals surface area (Å²) in [5, 5.41) is 0. The van der Waals surface area contributed by atoms with E-state index < -0.39 is 0 Å². The maximum Gasteiger partial charge on any atom is -0.0357 e. The highest BCUT2D eigenvalue weighted by atomic mass is 14.1. The maximum absolute atomic E-state index is 4.05. The van der Waals surface area contributed by atoms with Crippen molar-refractivity contribution in [3.8, 4) is 0 Å². The zero-order valence-electron chi connectivity index (χ0n) is 14.3. The number of hydrogen-bond acceptors (Lipinski definition) is 0. The van der Waals surface area contributed by atoms with Crippen molar-refractivity contribution in [1.82, 2.24) is 0 Å². The zero-order chi connectivity index (χ0) is 14.7. The highest BCUT2D eigenvalue weighted by molar-refractivity contribution is 4.74. The SMILES string of the molecule is [CH2]C(C)CCCC(C)[CH]CCC(C)CCCC(C)C. The van der Waals surface area contributed by atoms with Gasteiger partial charge in [-0.15, -0.1) is 0 Å². The number of rotatable bonds is 12. The normalized spacial score (nSPS) is 15.2. The molecule has 0 heteroatoms. The van der Waals surface area contributed by atoms with E-state index in [1.54, 1.807) is 0 Å². The van der Waals surface area contributed by atoms with Crippen molar-refractivity contribution in [2.75, 3.05) is 0 Å². The average Bonchev–Trinajstić information content (AvgIpc) is 2.27. The fourth-order valence-electron chi connectivity index (χ4n) is 2.59. The van der Waals surface area contributed by atoms with E-state index in [1.165, 1.54) is 51.4 Å². The lowest BCUT2D eigenvalue weighted by Gasteiger charge is -2.15. The summed E-state index contributed by atoms with van der Waals surface area (Å²) in [5.41, 5.74) is 0. The van der Waals surface area contributed by atoms with Gasteiger partial charge in [0.25, 0.3) is 0 Å². The lowest BCUT2D eigenvalue weighted by Crippen LogP contribution is -2.01. The van der Waals surface area contributed by atoms with Crippen LogP contribution in [0.3, 0.4) is 0 Å². The third-order valence-corrected chi connectivity index (χ3v) is 4.06. The second-order valence-corrected chi connectivity index (χ2v) is 7.26. The van der Waals surface area contributed by atoms with Crippen molar-refractivity contribution in [2.45, 2.75) is 86.0 Å². The van der Waals surface area contributed by atoms with E-state index in [0.717, 1.165) is 17.8 Å². The van der Waals surface area contributed by atoms with Gasteiger partial charge in [-0.05, 0) is 36.5 Å². The third-order valence-electron chi connectivity index (χ3n) is 4.06. The van der Waals surface area contributed by atoms with Crippen molar-refractivity contribution in [3.05, 3.63) is 13.3 Å². The van der Waals surface area contributed by atoms with Crippen LogP contribution in [0.1, 0.15) is 86.0 Å². The third kappa shape index (κ3) is 14.2. The van der Waals surface area contributed by atoms with Crippen molar-refractivity contribution in [2.24, 2.45) is 23.7 Å². The summed E-state index contributed by atoms with van der Waals surface area (Å²) in [6, 6.07) is 0. The molecule has 3 atom stereocenters. The van der Waals surface area contributed by atoms with Crippen LogP contribution in [0, 0.1) is 37.0 Å². The smallest absolute Gasteiger partial charge is 0.0357 e. The van der Waals surface area contributed by atoms with Gasteiger partial charge in [-0.1, -0.05) is 86.5 Å². The molecule has 0 N–H and O–H groups in total. The summed E-state index contributed by atoms with van der Waals surface area (Å²) in [6.45, 7) is 15.7. The van der Waals surface area contributed by atoms with E-state index in [1.807, 2.05) is 0 Å². The lowest BCUT2D eigenvalue weighted by molar-refractivity contribution is 0.423. The Morgan fingerprint density at radius 2 is 1.42 bits per heavy atom. The van der Waals surface area contributed by atoms with Gasteiger partial charge in [-0.25, -0.2) is 0 Å². The Morgan fingerprint density at radius 3 is 2.00 bits per heavy atom. The van der Waals surface area contributed by atoms with Crippen molar-refractivity contribution in [1.29, 1.82) is 0 Å². The van der Waals surface area contributed by atoms with Crippen LogP contribution in [-0.4, -0.2) is 0 Å². The van der Waals surface area contributed by atoms with Gasteiger partial charge >= 0.3 is 0 Å². The first-order chi connectivity index (χ1) is 8.91. The van der Waals surface area contributed by atoms with Crippen LogP contribution in [0.4, 0.5) is 0 Å². The molecular weight excluding hydrogens is 228 g/mol. The van der Waals surface area contributed by atoms with Crippen LogP contribution >= 0.6 is 0 Å². The minimum Gasteiger partial charge on any atom is -0.0628 e. The predicted molar refractivity (Wildman–Crippen MR) is 88.9 cm³/mol. The first-order valence-corrected chi connectivity index (χ1v) is 8.58. The molecule has 0 bridgehead atoms. The van der Waals surface area contributed by atoms with E-state index >= 15 is 0 Å². The van der Waals surface area contributed by atoms with Crippen molar-refractivity contribution < 1.29 is 0 Å². The molecule has 2 radical (unpaired) electrons. The Balaban J connectivity index is 3.40. The molecule has 0 saturated heterocycles. The Hall–Kier alpha value is 0. The standard InChI is InChI=1S/C19H38/c1-16(2)10-7-12-18(5)14-9-15-19(6)13-8-11-17(3)4/h14,16-19H,1,7-13,15H2,2-6H3. The minimum atomic E-state index is 0.619. The van der Waals surface area contributed by atoms with E-state index in [9.17, 15) is 0 Å². The van der Waals surface area contributed by atoms with Crippen LogP contribution in [0.2, 0.25) is 0 Å². The first-order valence-electron chi connectivity index (χ1n) is 8.58. The van der Waals surface area contributed by atoms with Crippen molar-refractivity contribution in [3.63, 3.8) is 0 Å². The molecule has 0 aliphatic heterocycles. The Bertz CT molecular complexity index is 160. The summed E-state index contributed by atoms with van der Waals surface area (Å²) in [6.07, 6.45) is 13.4. The molecule has 0 nitrogen and oxygen atoms in total. The second kappa shape index (κ2) is 11.8. The van der Waals surface area contributed by atoms with E-state index in [4.69, 9.17) is 0 Å². The quantitative estimate of drug-likeness (QED) is 0.368. The Morgan fingerprint density at radius 1 is 0.789 bits per heavy atom. The second-order valence-electron chi connectivity index (χ2n) is 7.26. The average molecular weight is 267 g/mol. The minimum absolute atomic E-state index is 0.619. The molecule has 0 saturated carbocycles. The van der Waals surface area contributed by atoms with Crippen LogP contribution in [0.5, 0.6) is 0 Å². The lowest BCUT2D eigenvalue weighted by atomic mass is 9.91. The molecule has 0 fully saturated rings. The fraction of sp³-hybridized carbons (Fsp3) is 0.895. The highest BCUT2D eigenvalue weighted by Crippen LogP contribution is 2.21. The van der Waals surface area contributed by atoms with Gasteiger partial charge in [-0.3, -0.25) is 0 Å². The Kier molecular flexibility index (Phi) is 11.8. The summed E-state index contributed by atoms with van der Waals surface area (Å²) in [5.74, 6) is 3.19. The number of hydrogen-bond donors (Lipinski definition) is 0. The van der Waals surface area contributed by atoms with Crippen LogP contribution in [0.25, 0.3) is 0 Å². The Labute approximate surface area is 123 Å². The summed E-state index contributed by atoms with van der Waals surface area (Å²) < 4.78 is 0. The molecule has 3 unspecified atom stereocenters. The van der Waals surface area contributed by atoms with Crippen molar-refractivity contribution >= 4 is 0 Å². The monoisotopic (exact) mass is 266 g/mol. The predicted octanol–water partition coefficient (Wildman–Crippen LogP) is 6.71. The molecule has 0 heterocycles. The largest absolute Gasteiger partial charge is 0.0628 e. The van der Waals surface area contributed by atoms with Gasteiger partial charge in [0.05, 0.1) is 0 Å². The van der Waals surface area contributed by atoms with Gasteiger partial charge in [-0.2, -0.15) is 0 Å². The molecule has 19 heavy (non-hydrogen) atoms. The summed E-state index contributed by atoms with van der Waals surface area (Å²) >= 11 is 0. The van der Waals surface area contributed by atoms with Crippen LogP contribution < -0.4 is 0 Å². The summed E-state index contributed by atoms with van der Waals surface area (Å²) in [7, 11) is 0. The molecule has 0 aromatic carbocycles. The van der Waals surface area contributed by atoms with Gasteiger partial charge in [0, 0.05) is 0 Å². The molecule has 0 spiro atoms. The summed E-state index contributed by atoms with van der Waals surface area (Å²) in [4.78, 5) is 0. The molecule has 114 valence electrons. The van der Waals surface area contributed by atoms with Gasteiger partial charge in [0.15, 0.2) is 0 Å². The first kappa shape index (κ1) is 19.0. The molecule has 0 aromatic rings. The maximum atomic E-state index is 4.05. The fourth-order valence-corrected chi connectivity index (χ4v) is 2.59. The van der Waals surface area contributed by atoms with E-state index in [-0.39, 0.29) is 0 Å². The molecule has 0 aliphatic carbocycles. The van der Waals surface area contributed by atoms with Gasteiger partial charge in [0.1, 0.15) is 0 Å². The molecule has 0 aromatic heterocycles. The molecule has 0 rings (SSSR count). The molecule has 0 amide bonds. The zero-order valence-corrected chi connectivity index (χ0v) is 14.3. The molecule has 0 aliphatic rings. The van der Waals surface area contributed by atoms with E-state index in [2.05, 4.69) is 48.0 Å².